The van der Waals surface area contributed by atoms with E-state index in [4.69, 9.17) is 9.47 Å². The summed E-state index contributed by atoms with van der Waals surface area (Å²) in [6.07, 6.45) is 6.74. The van der Waals surface area contributed by atoms with Crippen molar-refractivity contribution in [3.8, 4) is 0 Å². The van der Waals surface area contributed by atoms with Gasteiger partial charge in [0.25, 0.3) is 10.1 Å². The quantitative estimate of drug-likeness (QED) is 0.131. The molecule has 0 aromatic carbocycles. The van der Waals surface area contributed by atoms with Gasteiger partial charge < -0.3 is 13.8 Å². The first-order chi connectivity index (χ1) is 13.2. The van der Waals surface area contributed by atoms with Crippen molar-refractivity contribution >= 4 is 22.1 Å². The Bertz CT molecular complexity index is 574. The van der Waals surface area contributed by atoms with Crippen LogP contribution in [0.5, 0.6) is 0 Å². The molecule has 0 aromatic rings. The Kier molecular flexibility index (Phi) is 30.5. The number of hydrogen-bond donors (Lipinski definition) is 1. The van der Waals surface area contributed by atoms with Crippen LogP contribution in [0, 0.1) is 11.8 Å². The number of carbonyl (C=O) groups is 2. The first-order valence-electron chi connectivity index (χ1n) is 10.5. The molecule has 172 valence electrons. The molecule has 1 N–H and O–H groups in total. The van der Waals surface area contributed by atoms with Gasteiger partial charge in [-0.3, -0.25) is 14.1 Å². The summed E-state index contributed by atoms with van der Waals surface area (Å²) in [5.41, 5.74) is 0. The summed E-state index contributed by atoms with van der Waals surface area (Å²) in [6, 6.07) is 0. The van der Waals surface area contributed by atoms with Gasteiger partial charge in [-0.1, -0.05) is 66.2 Å². The molecule has 0 saturated carbocycles. The molecule has 0 rings (SSSR count). The third-order valence-electron chi connectivity index (χ3n) is 5.00. The van der Waals surface area contributed by atoms with E-state index in [1.165, 1.54) is 0 Å². The minimum absolute atomic E-state index is 0. The largest absolute Gasteiger partial charge is 1.00 e. The molecule has 0 fully saturated rings. The smallest absolute Gasteiger partial charge is 1.00 e. The fourth-order valence-corrected chi connectivity index (χ4v) is 3.48. The van der Waals surface area contributed by atoms with E-state index in [9.17, 15) is 22.6 Å². The maximum atomic E-state index is 12.2. The van der Waals surface area contributed by atoms with Gasteiger partial charge in [0.1, 0.15) is 0 Å². The first-order valence-corrected chi connectivity index (χ1v) is 12.0. The number of ether oxygens (including phenoxy) is 2. The monoisotopic (exact) mass is 494 g/mol. The van der Waals surface area contributed by atoms with E-state index < -0.39 is 33.7 Å². The minimum Gasteiger partial charge on any atom is -1.00 e. The SMILES string of the molecule is CCCCC(CC)COC(=O)CC(C(=O)OCC(CC)CCCC)S(=O)(=O)O.[H-].[H-].[H-].[Na+].[Na+].[Na+]. The molecule has 0 saturated heterocycles. The minimum atomic E-state index is -4.76. The van der Waals surface area contributed by atoms with Gasteiger partial charge >= 0.3 is 101 Å². The third kappa shape index (κ3) is 19.8. The normalized spacial score (nSPS) is 13.5. The summed E-state index contributed by atoms with van der Waals surface area (Å²) >= 11 is 0. The standard InChI is InChI=1S/C20H38O7S.3Na.3H/c1-5-9-11-16(7-3)14-26-19(21)13-18(28(23,24)25)20(22)27-15-17(8-4)12-10-6-2;;;;;;/h16-18H,5-15H2,1-4H3,(H,23,24,25);;;;;;/q;3*+1;3*-1. The van der Waals surface area contributed by atoms with Crippen LogP contribution >= 0.6 is 0 Å². The Hall–Kier alpha value is 1.85. The van der Waals surface area contributed by atoms with Crippen molar-refractivity contribution in [3.63, 3.8) is 0 Å². The molecule has 0 aliphatic heterocycles. The van der Waals surface area contributed by atoms with Crippen molar-refractivity contribution < 1.29 is 125 Å². The summed E-state index contributed by atoms with van der Waals surface area (Å²) in [6.45, 7) is 8.35. The van der Waals surface area contributed by atoms with E-state index in [1.807, 2.05) is 13.8 Å². The van der Waals surface area contributed by atoms with Crippen LogP contribution in [0.25, 0.3) is 0 Å². The molecule has 0 spiro atoms. The third-order valence-corrected chi connectivity index (χ3v) is 6.08. The predicted molar refractivity (Wildman–Crippen MR) is 112 cm³/mol. The summed E-state index contributed by atoms with van der Waals surface area (Å²) in [5, 5.41) is -1.95. The summed E-state index contributed by atoms with van der Waals surface area (Å²) < 4.78 is 42.8. The molecule has 7 nitrogen and oxygen atoms in total. The van der Waals surface area contributed by atoms with Crippen LogP contribution in [0.4, 0.5) is 0 Å². The molecule has 0 amide bonds. The molecule has 11 heteroatoms. The van der Waals surface area contributed by atoms with Gasteiger partial charge in [0.2, 0.25) is 0 Å². The van der Waals surface area contributed by atoms with Gasteiger partial charge in [-0.15, -0.1) is 0 Å². The molecule has 31 heavy (non-hydrogen) atoms. The average molecular weight is 495 g/mol. The van der Waals surface area contributed by atoms with Gasteiger partial charge in [0.15, 0.2) is 5.25 Å². The number of esters is 2. The predicted octanol–water partition coefficient (Wildman–Crippen LogP) is -4.50. The zero-order chi connectivity index (χ0) is 21.6. The summed E-state index contributed by atoms with van der Waals surface area (Å²) in [5.74, 6) is -1.61. The van der Waals surface area contributed by atoms with Crippen molar-refractivity contribution in [2.24, 2.45) is 11.8 Å². The molecule has 0 radical (unpaired) electrons. The van der Waals surface area contributed by atoms with Gasteiger partial charge in [0.05, 0.1) is 19.6 Å². The molecular weight excluding hydrogens is 453 g/mol. The Morgan fingerprint density at radius 3 is 1.61 bits per heavy atom. The molecule has 0 aliphatic rings. The fourth-order valence-electron chi connectivity index (χ4n) is 2.82. The molecule has 0 aromatic heterocycles. The van der Waals surface area contributed by atoms with Gasteiger partial charge in [-0.05, 0) is 24.7 Å². The second-order valence-corrected chi connectivity index (χ2v) is 8.95. The van der Waals surface area contributed by atoms with Gasteiger partial charge in [0, 0.05) is 0 Å². The topological polar surface area (TPSA) is 107 Å². The summed E-state index contributed by atoms with van der Waals surface area (Å²) in [7, 11) is -4.76. The maximum absolute atomic E-state index is 12.2. The number of unbranched alkanes of at least 4 members (excludes halogenated alkanes) is 2. The van der Waals surface area contributed by atoms with Crippen LogP contribution < -0.4 is 88.7 Å². The van der Waals surface area contributed by atoms with E-state index in [2.05, 4.69) is 13.8 Å². The van der Waals surface area contributed by atoms with Crippen molar-refractivity contribution in [3.05, 3.63) is 0 Å². The van der Waals surface area contributed by atoms with Gasteiger partial charge in [-0.25, -0.2) is 0 Å². The zero-order valence-electron chi connectivity index (χ0n) is 23.8. The molecule has 0 aliphatic carbocycles. The second-order valence-electron chi connectivity index (χ2n) is 7.35. The first kappa shape index (κ1) is 40.0. The van der Waals surface area contributed by atoms with E-state index >= 15 is 0 Å². The maximum Gasteiger partial charge on any atom is 1.00 e. The molecule has 3 unspecified atom stereocenters. The van der Waals surface area contributed by atoms with Crippen LogP contribution in [0.2, 0.25) is 0 Å². The van der Waals surface area contributed by atoms with E-state index in [0.29, 0.717) is 0 Å². The molecular formula is C20H41Na3O7S. The Morgan fingerprint density at radius 1 is 0.839 bits per heavy atom. The zero-order valence-corrected chi connectivity index (χ0v) is 27.6. The summed E-state index contributed by atoms with van der Waals surface area (Å²) in [4.78, 5) is 24.2. The van der Waals surface area contributed by atoms with E-state index in [1.54, 1.807) is 0 Å². The van der Waals surface area contributed by atoms with Crippen LogP contribution in [-0.4, -0.2) is 43.4 Å². The average Bonchev–Trinajstić information content (AvgIpc) is 2.65. The van der Waals surface area contributed by atoms with Crippen molar-refractivity contribution in [1.82, 2.24) is 0 Å². The Balaban J connectivity index is -0.000000243. The Morgan fingerprint density at radius 2 is 1.26 bits per heavy atom. The van der Waals surface area contributed by atoms with Crippen molar-refractivity contribution in [2.75, 3.05) is 13.2 Å². The van der Waals surface area contributed by atoms with Crippen molar-refractivity contribution in [1.29, 1.82) is 0 Å². The van der Waals surface area contributed by atoms with Crippen LogP contribution in [0.1, 0.15) is 89.8 Å². The van der Waals surface area contributed by atoms with E-state index in [-0.39, 0.29) is 118 Å². The van der Waals surface area contributed by atoms with Crippen LogP contribution in [0.3, 0.4) is 0 Å². The fraction of sp³-hybridized carbons (Fsp3) is 0.900. The van der Waals surface area contributed by atoms with E-state index in [0.717, 1.165) is 51.4 Å². The van der Waals surface area contributed by atoms with Crippen molar-refractivity contribution in [2.45, 2.75) is 90.7 Å². The van der Waals surface area contributed by atoms with Gasteiger partial charge in [-0.2, -0.15) is 8.42 Å². The molecule has 3 atom stereocenters. The number of rotatable bonds is 16. The van der Waals surface area contributed by atoms with Crippen LogP contribution in [0.15, 0.2) is 0 Å². The number of carbonyl (C=O) groups excluding carboxylic acids is 2. The second kappa shape index (κ2) is 23.6. The van der Waals surface area contributed by atoms with Crippen LogP contribution in [-0.2, 0) is 29.2 Å². The number of hydrogen-bond acceptors (Lipinski definition) is 6. The molecule has 0 heterocycles. The Labute approximate surface area is 260 Å². The molecule has 0 bridgehead atoms.